The average molecular weight is 492 g/mol. The summed E-state index contributed by atoms with van der Waals surface area (Å²) in [6, 6.07) is 3.90. The minimum Gasteiger partial charge on any atom is -0.236 e. The summed E-state index contributed by atoms with van der Waals surface area (Å²) in [5.74, 6) is 0. The van der Waals surface area contributed by atoms with Gasteiger partial charge in [-0.05, 0) is 43.7 Å². The van der Waals surface area contributed by atoms with Gasteiger partial charge in [-0.1, -0.05) is 17.7 Å². The molecule has 0 amide bonds. The summed E-state index contributed by atoms with van der Waals surface area (Å²) in [5.41, 5.74) is -2.88. The number of hydrogen-bond acceptors (Lipinski definition) is 6. The molecule has 0 aliphatic heterocycles. The van der Waals surface area contributed by atoms with Crippen LogP contribution in [0.2, 0.25) is 0 Å². The fraction of sp³-hybridized carbons (Fsp3) is 0.294. The lowest BCUT2D eigenvalue weighted by atomic mass is 10.1. The average Bonchev–Trinajstić information content (AvgIpc) is 2.59. The van der Waals surface area contributed by atoms with E-state index < -0.39 is 55.4 Å². The molecular weight excluding hydrogens is 478 g/mol. The molecule has 2 rings (SSSR count). The van der Waals surface area contributed by atoms with E-state index in [4.69, 9.17) is 0 Å². The molecule has 0 unspecified atom stereocenters. The van der Waals surface area contributed by atoms with Gasteiger partial charge in [-0.3, -0.25) is 0 Å². The summed E-state index contributed by atoms with van der Waals surface area (Å²) in [6.07, 6.45) is -10.6. The first-order valence-corrected chi connectivity index (χ1v) is 10.9. The van der Waals surface area contributed by atoms with Gasteiger partial charge in [0.15, 0.2) is 6.79 Å². The molecule has 0 aromatic heterocycles. The highest BCUT2D eigenvalue weighted by Gasteiger charge is 2.41. The molecule has 0 aliphatic carbocycles. The summed E-state index contributed by atoms with van der Waals surface area (Å²) >= 11 is 0. The van der Waals surface area contributed by atoms with Crippen molar-refractivity contribution in [2.75, 3.05) is 6.79 Å². The fourth-order valence-electron chi connectivity index (χ4n) is 2.50. The lowest BCUT2D eigenvalue weighted by Crippen LogP contribution is -2.19. The highest BCUT2D eigenvalue weighted by molar-refractivity contribution is 7.87. The molecule has 2 aromatic rings. The van der Waals surface area contributed by atoms with Gasteiger partial charge < -0.3 is 0 Å². The SMILES string of the molecule is Cc1ccc(S(=O)(=O)OCOS(=O)(=O)c2ccc(C(F)(F)F)cc2C(F)(F)F)c(C)c1. The van der Waals surface area contributed by atoms with Gasteiger partial charge in [0, 0.05) is 0 Å². The summed E-state index contributed by atoms with van der Waals surface area (Å²) in [6.45, 7) is 1.58. The number of hydrogen-bond donors (Lipinski definition) is 0. The van der Waals surface area contributed by atoms with E-state index in [9.17, 15) is 43.2 Å². The third kappa shape index (κ3) is 5.96. The van der Waals surface area contributed by atoms with Gasteiger partial charge in [-0.2, -0.15) is 43.2 Å². The minimum absolute atomic E-state index is 0.0690. The monoisotopic (exact) mass is 492 g/mol. The van der Waals surface area contributed by atoms with E-state index >= 15 is 0 Å². The number of aryl methyl sites for hydroxylation is 2. The van der Waals surface area contributed by atoms with Crippen molar-refractivity contribution in [1.82, 2.24) is 0 Å². The van der Waals surface area contributed by atoms with Crippen molar-refractivity contribution in [2.45, 2.75) is 36.0 Å². The quantitative estimate of drug-likeness (QED) is 0.337. The Balaban J connectivity index is 2.30. The molecule has 2 aromatic carbocycles. The Hall–Kier alpha value is -2.16. The highest BCUT2D eigenvalue weighted by atomic mass is 32.2. The van der Waals surface area contributed by atoms with E-state index in [0.717, 1.165) is 5.56 Å². The number of halogens is 6. The number of rotatable bonds is 6. The van der Waals surface area contributed by atoms with Gasteiger partial charge in [0.05, 0.1) is 16.0 Å². The molecule has 0 radical (unpaired) electrons. The van der Waals surface area contributed by atoms with Crippen molar-refractivity contribution in [2.24, 2.45) is 0 Å². The Bertz CT molecular complexity index is 1180. The molecule has 6 nitrogen and oxygen atoms in total. The molecule has 0 atom stereocenters. The van der Waals surface area contributed by atoms with Crippen LogP contribution in [0.4, 0.5) is 26.3 Å². The Kier molecular flexibility index (Phi) is 6.81. The summed E-state index contributed by atoms with van der Waals surface area (Å²) in [4.78, 5) is -1.95. The molecule has 0 aliphatic rings. The second-order valence-electron chi connectivity index (χ2n) is 6.24. The van der Waals surface area contributed by atoms with Crippen LogP contribution in [0.1, 0.15) is 22.3 Å². The second kappa shape index (κ2) is 8.41. The zero-order chi connectivity index (χ0) is 23.8. The zero-order valence-electron chi connectivity index (χ0n) is 15.7. The Labute approximate surface area is 173 Å². The molecular formula is C17H14F6O6S2. The molecule has 14 heteroatoms. The van der Waals surface area contributed by atoms with Crippen molar-refractivity contribution >= 4 is 20.2 Å². The first-order chi connectivity index (χ1) is 13.9. The van der Waals surface area contributed by atoms with E-state index in [1.807, 2.05) is 0 Å². The van der Waals surface area contributed by atoms with Gasteiger partial charge in [-0.25, -0.2) is 8.37 Å². The molecule has 0 bridgehead atoms. The van der Waals surface area contributed by atoms with Crippen molar-refractivity contribution in [3.63, 3.8) is 0 Å². The highest BCUT2D eigenvalue weighted by Crippen LogP contribution is 2.39. The predicted molar refractivity (Wildman–Crippen MR) is 93.8 cm³/mol. The maximum Gasteiger partial charge on any atom is 0.417 e. The summed E-state index contributed by atoms with van der Waals surface area (Å²) in [5, 5.41) is 0. The van der Waals surface area contributed by atoms with Crippen molar-refractivity contribution in [3.05, 3.63) is 58.7 Å². The smallest absolute Gasteiger partial charge is 0.236 e. The van der Waals surface area contributed by atoms with Crippen LogP contribution in [-0.2, 0) is 41.0 Å². The first kappa shape index (κ1) is 25.1. The van der Waals surface area contributed by atoms with Crippen LogP contribution in [0.25, 0.3) is 0 Å². The van der Waals surface area contributed by atoms with E-state index in [0.29, 0.717) is 0 Å². The van der Waals surface area contributed by atoms with Crippen molar-refractivity contribution < 1.29 is 51.5 Å². The second-order valence-corrected chi connectivity index (χ2v) is 9.40. The summed E-state index contributed by atoms with van der Waals surface area (Å²) in [7, 11) is -9.87. The van der Waals surface area contributed by atoms with Crippen LogP contribution in [-0.4, -0.2) is 23.6 Å². The molecule has 0 fully saturated rings. The summed E-state index contributed by atoms with van der Waals surface area (Å²) < 4.78 is 135. The third-order valence-electron chi connectivity index (χ3n) is 3.89. The van der Waals surface area contributed by atoms with Crippen LogP contribution >= 0.6 is 0 Å². The molecule has 0 saturated heterocycles. The van der Waals surface area contributed by atoms with Gasteiger partial charge in [0.25, 0.3) is 20.2 Å². The standard InChI is InChI=1S/C17H14F6O6S2/c1-10-3-5-14(11(2)7-10)30(24,25)28-9-29-31(26,27)15-6-4-12(16(18,19)20)8-13(15)17(21,22)23/h3-8H,9H2,1-2H3. The van der Waals surface area contributed by atoms with E-state index in [-0.39, 0.29) is 28.7 Å². The molecule has 172 valence electrons. The fourth-order valence-corrected chi connectivity index (χ4v) is 4.53. The molecule has 0 spiro atoms. The zero-order valence-corrected chi connectivity index (χ0v) is 17.3. The van der Waals surface area contributed by atoms with Crippen LogP contribution in [0.5, 0.6) is 0 Å². The van der Waals surface area contributed by atoms with E-state index in [1.165, 1.54) is 25.1 Å². The van der Waals surface area contributed by atoms with Crippen molar-refractivity contribution in [3.8, 4) is 0 Å². The number of alkyl halides is 6. The Morgan fingerprint density at radius 1 is 0.742 bits per heavy atom. The van der Waals surface area contributed by atoms with Crippen LogP contribution in [0, 0.1) is 13.8 Å². The lowest BCUT2D eigenvalue weighted by molar-refractivity contribution is -0.144. The molecule has 0 N–H and O–H groups in total. The van der Waals surface area contributed by atoms with E-state index in [2.05, 4.69) is 8.37 Å². The Morgan fingerprint density at radius 2 is 1.26 bits per heavy atom. The van der Waals surface area contributed by atoms with Gasteiger partial charge in [0.2, 0.25) is 0 Å². The molecule has 0 heterocycles. The normalized spacial score (nSPS) is 13.4. The maximum absolute atomic E-state index is 13.1. The lowest BCUT2D eigenvalue weighted by Gasteiger charge is -2.16. The van der Waals surface area contributed by atoms with Crippen molar-refractivity contribution in [1.29, 1.82) is 0 Å². The van der Waals surface area contributed by atoms with Crippen LogP contribution < -0.4 is 0 Å². The predicted octanol–water partition coefficient (Wildman–Crippen LogP) is 4.41. The topological polar surface area (TPSA) is 86.7 Å². The first-order valence-electron chi connectivity index (χ1n) is 8.10. The van der Waals surface area contributed by atoms with Gasteiger partial charge in [0.1, 0.15) is 4.90 Å². The largest absolute Gasteiger partial charge is 0.417 e. The van der Waals surface area contributed by atoms with E-state index in [1.54, 1.807) is 6.92 Å². The van der Waals surface area contributed by atoms with Crippen LogP contribution in [0.15, 0.2) is 46.2 Å². The van der Waals surface area contributed by atoms with Crippen LogP contribution in [0.3, 0.4) is 0 Å². The number of benzene rings is 2. The van der Waals surface area contributed by atoms with Gasteiger partial charge >= 0.3 is 12.4 Å². The third-order valence-corrected chi connectivity index (χ3v) is 6.59. The molecule has 31 heavy (non-hydrogen) atoms. The Morgan fingerprint density at radius 3 is 1.74 bits per heavy atom. The van der Waals surface area contributed by atoms with Gasteiger partial charge in [-0.15, -0.1) is 0 Å². The maximum atomic E-state index is 13.1. The minimum atomic E-state index is -5.47. The molecule has 0 saturated carbocycles.